The summed E-state index contributed by atoms with van der Waals surface area (Å²) in [6.45, 7) is 0. The van der Waals surface area contributed by atoms with Crippen molar-refractivity contribution in [2.45, 2.75) is 4.34 Å². The molecule has 0 spiro atoms. The largest absolute Gasteiger partial charge is 0.496 e. The van der Waals surface area contributed by atoms with Crippen LogP contribution in [0.3, 0.4) is 0 Å². The first-order valence-electron chi connectivity index (χ1n) is 7.23. The average Bonchev–Trinajstić information content (AvgIpc) is 3.01. The van der Waals surface area contributed by atoms with Gasteiger partial charge in [0.05, 0.1) is 23.0 Å². The molecule has 128 valence electrons. The summed E-state index contributed by atoms with van der Waals surface area (Å²) in [6, 6.07) is 15.0. The van der Waals surface area contributed by atoms with Crippen LogP contribution >= 0.6 is 51.2 Å². The number of rotatable bonds is 6. The van der Waals surface area contributed by atoms with Gasteiger partial charge in [-0.15, -0.1) is 5.10 Å². The molecule has 8 heteroatoms. The van der Waals surface area contributed by atoms with Gasteiger partial charge >= 0.3 is 0 Å². The summed E-state index contributed by atoms with van der Waals surface area (Å²) in [5, 5.41) is 4.50. The van der Waals surface area contributed by atoms with Crippen molar-refractivity contribution in [3.05, 3.63) is 62.5 Å². The van der Waals surface area contributed by atoms with Gasteiger partial charge in [-0.3, -0.25) is 4.79 Å². The van der Waals surface area contributed by atoms with E-state index in [0.29, 0.717) is 21.0 Å². The molecular formula is C17H13BrN2O2S3. The van der Waals surface area contributed by atoms with Crippen LogP contribution in [0.5, 0.6) is 5.75 Å². The molecule has 0 aliphatic heterocycles. The van der Waals surface area contributed by atoms with Gasteiger partial charge < -0.3 is 4.74 Å². The van der Waals surface area contributed by atoms with Crippen molar-refractivity contribution in [3.63, 3.8) is 0 Å². The Labute approximate surface area is 167 Å². The number of benzene rings is 2. The van der Waals surface area contributed by atoms with Gasteiger partial charge in [-0.05, 0) is 58.5 Å². The fraction of sp³-hybridized carbons (Fsp3) is 0.118. The minimum Gasteiger partial charge on any atom is -0.496 e. The normalized spacial score (nSPS) is 10.6. The Morgan fingerprint density at radius 1 is 1.32 bits per heavy atom. The van der Waals surface area contributed by atoms with Crippen LogP contribution in [0.25, 0.3) is 5.69 Å². The Kier molecular flexibility index (Phi) is 6.06. The number of carbonyl (C=O) groups excluding carboxylic acids is 1. The summed E-state index contributed by atoms with van der Waals surface area (Å²) in [7, 11) is 1.59. The van der Waals surface area contributed by atoms with Crippen molar-refractivity contribution in [1.29, 1.82) is 0 Å². The molecule has 0 radical (unpaired) electrons. The minimum atomic E-state index is 0.0285. The van der Waals surface area contributed by atoms with Crippen LogP contribution in [0.1, 0.15) is 10.4 Å². The molecular weight excluding hydrogens is 440 g/mol. The van der Waals surface area contributed by atoms with Crippen molar-refractivity contribution in [2.24, 2.45) is 0 Å². The molecule has 0 atom stereocenters. The van der Waals surface area contributed by atoms with Gasteiger partial charge in [-0.1, -0.05) is 41.3 Å². The Morgan fingerprint density at radius 2 is 2.08 bits per heavy atom. The van der Waals surface area contributed by atoms with E-state index in [-0.39, 0.29) is 5.78 Å². The molecule has 3 aromatic rings. The van der Waals surface area contributed by atoms with E-state index in [1.165, 1.54) is 23.1 Å². The molecule has 2 aromatic carbocycles. The van der Waals surface area contributed by atoms with Gasteiger partial charge in [0, 0.05) is 5.56 Å². The van der Waals surface area contributed by atoms with Crippen LogP contribution in [0.15, 0.2) is 57.3 Å². The van der Waals surface area contributed by atoms with Gasteiger partial charge in [-0.2, -0.15) is 0 Å². The highest BCUT2D eigenvalue weighted by molar-refractivity contribution is 9.10. The summed E-state index contributed by atoms with van der Waals surface area (Å²) >= 11 is 11.6. The van der Waals surface area contributed by atoms with Crippen LogP contribution in [-0.2, 0) is 0 Å². The number of thioether (sulfide) groups is 1. The smallest absolute Gasteiger partial charge is 0.184 e. The number of nitrogens with zero attached hydrogens (tertiary/aromatic N) is 2. The van der Waals surface area contributed by atoms with Crippen molar-refractivity contribution < 1.29 is 9.53 Å². The first kappa shape index (κ1) is 18.3. The molecule has 0 amide bonds. The molecule has 0 N–H and O–H groups in total. The topological polar surface area (TPSA) is 44.1 Å². The van der Waals surface area contributed by atoms with E-state index >= 15 is 0 Å². The Bertz CT molecular complexity index is 954. The quantitative estimate of drug-likeness (QED) is 0.284. The van der Waals surface area contributed by atoms with Crippen LogP contribution in [0.2, 0.25) is 0 Å². The lowest BCUT2D eigenvalue weighted by Crippen LogP contribution is -2.03. The highest BCUT2D eigenvalue weighted by Crippen LogP contribution is 2.28. The van der Waals surface area contributed by atoms with Gasteiger partial charge in [0.1, 0.15) is 5.75 Å². The molecule has 0 aliphatic carbocycles. The van der Waals surface area contributed by atoms with Crippen LogP contribution in [0.4, 0.5) is 0 Å². The summed E-state index contributed by atoms with van der Waals surface area (Å²) in [5.41, 5.74) is 1.55. The molecule has 0 aliphatic rings. The summed E-state index contributed by atoms with van der Waals surface area (Å²) in [5.74, 6) is 1.03. The second kappa shape index (κ2) is 8.27. The zero-order valence-corrected chi connectivity index (χ0v) is 17.2. The molecule has 3 rings (SSSR count). The van der Waals surface area contributed by atoms with E-state index in [2.05, 4.69) is 21.0 Å². The summed E-state index contributed by atoms with van der Waals surface area (Å²) < 4.78 is 9.09. The van der Waals surface area contributed by atoms with E-state index in [9.17, 15) is 4.79 Å². The Hall–Kier alpha value is -1.48. The number of ketones is 1. The third kappa shape index (κ3) is 4.38. The minimum absolute atomic E-state index is 0.0285. The van der Waals surface area contributed by atoms with Gasteiger partial charge in [0.15, 0.2) is 14.1 Å². The molecule has 0 unspecified atom stereocenters. The molecule has 0 bridgehead atoms. The van der Waals surface area contributed by atoms with Crippen molar-refractivity contribution in [1.82, 2.24) is 9.78 Å². The maximum absolute atomic E-state index is 12.4. The molecule has 0 fully saturated rings. The van der Waals surface area contributed by atoms with Crippen molar-refractivity contribution in [2.75, 3.05) is 12.9 Å². The molecule has 0 saturated carbocycles. The number of Topliss-reactive ketones (excluding diaryl/α,β-unsaturated/α-hetero) is 1. The van der Waals surface area contributed by atoms with Crippen LogP contribution in [-0.4, -0.2) is 28.4 Å². The maximum atomic E-state index is 12.4. The number of para-hydroxylation sites is 1. The number of hydrogen-bond acceptors (Lipinski definition) is 6. The number of aromatic nitrogens is 2. The third-order valence-electron chi connectivity index (χ3n) is 3.33. The second-order valence-corrected chi connectivity index (χ2v) is 8.64. The van der Waals surface area contributed by atoms with Crippen LogP contribution in [0, 0.1) is 3.95 Å². The summed E-state index contributed by atoms with van der Waals surface area (Å²) in [6.07, 6.45) is 0. The lowest BCUT2D eigenvalue weighted by Gasteiger charge is -2.05. The second-order valence-electron chi connectivity index (χ2n) is 4.94. The third-order valence-corrected chi connectivity index (χ3v) is 6.32. The SMILES string of the molecule is COc1ccc(C(=O)CSc2nn(-c3ccccc3)c(=S)s2)cc1Br. The number of hydrogen-bond donors (Lipinski definition) is 0. The van der Waals surface area contributed by atoms with E-state index in [4.69, 9.17) is 17.0 Å². The lowest BCUT2D eigenvalue weighted by atomic mass is 10.1. The fourth-order valence-electron chi connectivity index (χ4n) is 2.10. The average molecular weight is 453 g/mol. The molecule has 1 aromatic heterocycles. The Morgan fingerprint density at radius 3 is 2.76 bits per heavy atom. The van der Waals surface area contributed by atoms with E-state index in [1.807, 2.05) is 30.3 Å². The zero-order chi connectivity index (χ0) is 17.8. The standard InChI is InChI=1S/C17H13BrN2O2S3/c1-22-15-8-7-11(9-13(15)18)14(21)10-24-16-19-20(17(23)25-16)12-5-3-2-4-6-12/h2-9H,10H2,1H3. The number of methoxy groups -OCH3 is 1. The molecule has 1 heterocycles. The maximum Gasteiger partial charge on any atom is 0.184 e. The number of ether oxygens (including phenoxy) is 1. The molecule has 0 saturated heterocycles. The fourth-order valence-corrected chi connectivity index (χ4v) is 4.90. The molecule has 4 nitrogen and oxygen atoms in total. The lowest BCUT2D eigenvalue weighted by molar-refractivity contribution is 0.102. The highest BCUT2D eigenvalue weighted by atomic mass is 79.9. The van der Waals surface area contributed by atoms with Crippen LogP contribution < -0.4 is 4.74 Å². The highest BCUT2D eigenvalue weighted by Gasteiger charge is 2.12. The van der Waals surface area contributed by atoms with Crippen molar-refractivity contribution >= 4 is 57.0 Å². The first-order chi connectivity index (χ1) is 12.1. The zero-order valence-electron chi connectivity index (χ0n) is 13.1. The predicted molar refractivity (Wildman–Crippen MR) is 108 cm³/mol. The summed E-state index contributed by atoms with van der Waals surface area (Å²) in [4.78, 5) is 12.4. The van der Waals surface area contributed by atoms with Gasteiger partial charge in [0.25, 0.3) is 0 Å². The Balaban J connectivity index is 1.71. The number of halogens is 1. The van der Waals surface area contributed by atoms with E-state index < -0.39 is 0 Å². The van der Waals surface area contributed by atoms with Gasteiger partial charge in [-0.25, -0.2) is 4.68 Å². The van der Waals surface area contributed by atoms with E-state index in [1.54, 1.807) is 30.0 Å². The van der Waals surface area contributed by atoms with E-state index in [0.717, 1.165) is 14.5 Å². The monoisotopic (exact) mass is 452 g/mol. The van der Waals surface area contributed by atoms with Gasteiger partial charge in [0.2, 0.25) is 0 Å². The van der Waals surface area contributed by atoms with Crippen molar-refractivity contribution in [3.8, 4) is 11.4 Å². The predicted octanol–water partition coefficient (Wildman–Crippen LogP) is 5.41. The first-order valence-corrected chi connectivity index (χ1v) is 10.2. The number of carbonyl (C=O) groups is 1. The molecule has 25 heavy (non-hydrogen) atoms.